The summed E-state index contributed by atoms with van der Waals surface area (Å²) in [5, 5.41) is 46.8. The minimum atomic E-state index is -1.19. The van der Waals surface area contributed by atoms with E-state index in [9.17, 15) is 24.6 Å². The summed E-state index contributed by atoms with van der Waals surface area (Å²) in [6, 6.07) is 3.98. The van der Waals surface area contributed by atoms with Crippen LogP contribution in [-0.4, -0.2) is 94.0 Å². The molecule has 192 valence electrons. The minimum absolute atomic E-state index is 0.0466. The van der Waals surface area contributed by atoms with E-state index < -0.39 is 47.8 Å². The number of fused-ring (bicyclic) bond motifs is 1. The Kier molecular flexibility index (Phi) is 8.92. The molecule has 2 amide bonds. The average Bonchev–Trinajstić information content (AvgIpc) is 3.39. The molecule has 36 heavy (non-hydrogen) atoms. The van der Waals surface area contributed by atoms with Gasteiger partial charge in [-0.15, -0.1) is 16.9 Å². The SMILES string of the molecule is N[C@@H](C(=O)N[C@@H]1C(=O)N2C(C(=O)O)=C(CSc3c[nH]nn3)CS[C@H]12)c1ccc(O)cc1.O=C(O)CO. The molecule has 1 aromatic carbocycles. The van der Waals surface area contributed by atoms with Gasteiger partial charge in [0.05, 0.1) is 6.20 Å². The van der Waals surface area contributed by atoms with Crippen molar-refractivity contribution < 1.29 is 39.6 Å². The van der Waals surface area contributed by atoms with Crippen LogP contribution in [0.1, 0.15) is 11.6 Å². The lowest BCUT2D eigenvalue weighted by Gasteiger charge is -2.49. The third-order valence-electron chi connectivity index (χ3n) is 5.01. The van der Waals surface area contributed by atoms with E-state index in [1.807, 2.05) is 0 Å². The van der Waals surface area contributed by atoms with Crippen LogP contribution in [0.5, 0.6) is 5.75 Å². The predicted molar refractivity (Wildman–Crippen MR) is 127 cm³/mol. The van der Waals surface area contributed by atoms with Crippen molar-refractivity contribution in [1.29, 1.82) is 0 Å². The zero-order chi connectivity index (χ0) is 26.4. The number of nitrogens with zero attached hydrogens (tertiary/aromatic N) is 3. The number of carbonyl (C=O) groups excluding carboxylic acids is 2. The van der Waals surface area contributed by atoms with Gasteiger partial charge in [-0.2, -0.15) is 0 Å². The lowest BCUT2D eigenvalue weighted by molar-refractivity contribution is -0.150. The van der Waals surface area contributed by atoms with Gasteiger partial charge in [-0.05, 0) is 23.3 Å². The van der Waals surface area contributed by atoms with Gasteiger partial charge in [0.2, 0.25) is 5.91 Å². The Labute approximate surface area is 211 Å². The lowest BCUT2D eigenvalue weighted by Crippen LogP contribution is -2.71. The summed E-state index contributed by atoms with van der Waals surface area (Å²) < 4.78 is 0. The highest BCUT2D eigenvalue weighted by atomic mass is 32.2. The van der Waals surface area contributed by atoms with Crippen LogP contribution in [0.4, 0.5) is 0 Å². The summed E-state index contributed by atoms with van der Waals surface area (Å²) in [6.07, 6.45) is 1.60. The van der Waals surface area contributed by atoms with Crippen LogP contribution in [0.15, 0.2) is 46.8 Å². The number of phenolic OH excluding ortho intramolecular Hbond substituents is 1. The van der Waals surface area contributed by atoms with Crippen LogP contribution >= 0.6 is 23.5 Å². The number of carbonyl (C=O) groups is 4. The topological polar surface area (TPSA) is 232 Å². The van der Waals surface area contributed by atoms with Gasteiger partial charge < -0.3 is 31.5 Å². The van der Waals surface area contributed by atoms with E-state index in [1.165, 1.54) is 52.7 Å². The number of amides is 2. The molecule has 0 radical (unpaired) electrons. The molecule has 0 saturated carbocycles. The minimum Gasteiger partial charge on any atom is -0.508 e. The Bertz CT molecular complexity index is 1160. The number of carboxylic acids is 2. The number of aliphatic hydroxyl groups is 1. The first kappa shape index (κ1) is 27.0. The first-order chi connectivity index (χ1) is 17.1. The number of nitrogens with two attached hydrogens (primary N) is 1. The van der Waals surface area contributed by atoms with Crippen LogP contribution < -0.4 is 11.1 Å². The molecule has 1 fully saturated rings. The van der Waals surface area contributed by atoms with Crippen molar-refractivity contribution in [2.24, 2.45) is 5.73 Å². The van der Waals surface area contributed by atoms with Gasteiger partial charge in [0.1, 0.15) is 40.5 Å². The van der Waals surface area contributed by atoms with E-state index in [2.05, 4.69) is 20.7 Å². The average molecular weight is 539 g/mol. The fourth-order valence-electron chi connectivity index (χ4n) is 3.29. The number of carboxylic acid groups (broad SMARTS) is 2. The summed E-state index contributed by atoms with van der Waals surface area (Å²) in [6.45, 7) is -0.778. The molecule has 14 nitrogen and oxygen atoms in total. The highest BCUT2D eigenvalue weighted by Crippen LogP contribution is 2.41. The number of thioether (sulfide) groups is 2. The summed E-state index contributed by atoms with van der Waals surface area (Å²) in [5.41, 5.74) is 6.99. The van der Waals surface area contributed by atoms with Crippen LogP contribution in [0.3, 0.4) is 0 Å². The Morgan fingerprint density at radius 2 is 1.94 bits per heavy atom. The number of H-pyrrole nitrogens is 1. The molecule has 8 N–H and O–H groups in total. The zero-order valence-electron chi connectivity index (χ0n) is 18.4. The van der Waals surface area contributed by atoms with Gasteiger partial charge in [-0.1, -0.05) is 29.1 Å². The number of aromatic nitrogens is 3. The van der Waals surface area contributed by atoms with Crippen molar-refractivity contribution in [2.75, 3.05) is 18.1 Å². The standard InChI is InChI=1S/C18H18N6O5S2.C2H4O3/c19-12(8-1-3-10(25)4-2-8)15(26)21-13-16(27)24-14(18(28)29)9(7-31-17(13)24)6-30-11-5-20-23-22-11;3-1-2(4)5/h1-5,12-13,17,25H,6-7,19H2,(H,21,26)(H,28,29)(H,20,22,23);3H,1H2,(H,4,5)/t12-,13-,17-;/m1./s1. The van der Waals surface area contributed by atoms with Crippen LogP contribution in [0.25, 0.3) is 0 Å². The molecule has 4 rings (SSSR count). The van der Waals surface area contributed by atoms with Gasteiger partial charge in [-0.3, -0.25) is 19.6 Å². The number of aliphatic carboxylic acids is 2. The summed E-state index contributed by atoms with van der Waals surface area (Å²) in [5.74, 6) is -2.64. The van der Waals surface area contributed by atoms with Crippen molar-refractivity contribution in [3.8, 4) is 5.75 Å². The third kappa shape index (κ3) is 6.14. The molecule has 0 bridgehead atoms. The maximum absolute atomic E-state index is 12.7. The van der Waals surface area contributed by atoms with Crippen molar-refractivity contribution in [3.63, 3.8) is 0 Å². The van der Waals surface area contributed by atoms with E-state index in [-0.39, 0.29) is 11.4 Å². The number of hydrogen-bond donors (Lipinski definition) is 7. The first-order valence-electron chi connectivity index (χ1n) is 10.2. The van der Waals surface area contributed by atoms with Crippen molar-refractivity contribution in [1.82, 2.24) is 25.6 Å². The molecule has 3 heterocycles. The molecule has 1 aromatic heterocycles. The fourth-order valence-corrected chi connectivity index (χ4v) is 5.56. The van der Waals surface area contributed by atoms with Gasteiger partial charge in [-0.25, -0.2) is 9.59 Å². The van der Waals surface area contributed by atoms with Gasteiger partial charge in [0.25, 0.3) is 5.91 Å². The molecule has 0 spiro atoms. The molecule has 2 aliphatic rings. The molecule has 2 aromatic rings. The second-order valence-electron chi connectivity index (χ2n) is 7.37. The summed E-state index contributed by atoms with van der Waals surface area (Å²) in [7, 11) is 0. The fraction of sp³-hybridized carbons (Fsp3) is 0.300. The third-order valence-corrected chi connectivity index (χ3v) is 7.33. The highest BCUT2D eigenvalue weighted by Gasteiger charge is 2.54. The monoisotopic (exact) mass is 538 g/mol. The molecule has 0 unspecified atom stereocenters. The summed E-state index contributed by atoms with van der Waals surface area (Å²) in [4.78, 5) is 47.5. The molecule has 16 heteroatoms. The number of phenols is 1. The Balaban J connectivity index is 0.000000658. The molecule has 0 aliphatic carbocycles. The Morgan fingerprint density at radius 1 is 1.28 bits per heavy atom. The zero-order valence-corrected chi connectivity index (χ0v) is 20.0. The van der Waals surface area contributed by atoms with Gasteiger partial charge >= 0.3 is 11.9 Å². The Hall–Kier alpha value is -3.60. The second-order valence-corrected chi connectivity index (χ2v) is 9.48. The predicted octanol–water partition coefficient (Wildman–Crippen LogP) is -0.896. The van der Waals surface area contributed by atoms with Crippen molar-refractivity contribution >= 4 is 47.3 Å². The maximum Gasteiger partial charge on any atom is 0.352 e. The van der Waals surface area contributed by atoms with Crippen molar-refractivity contribution in [2.45, 2.75) is 22.5 Å². The Morgan fingerprint density at radius 3 is 2.50 bits per heavy atom. The molecular weight excluding hydrogens is 516 g/mol. The van der Waals surface area contributed by atoms with Crippen LogP contribution in [-0.2, 0) is 19.2 Å². The van der Waals surface area contributed by atoms with E-state index in [0.29, 0.717) is 27.7 Å². The number of nitrogens with one attached hydrogen (secondary N) is 2. The van der Waals surface area contributed by atoms with E-state index in [0.717, 1.165) is 0 Å². The van der Waals surface area contributed by atoms with E-state index in [1.54, 1.807) is 6.20 Å². The normalized spacial score (nSPS) is 19.4. The van der Waals surface area contributed by atoms with Gasteiger partial charge in [0, 0.05) is 11.5 Å². The smallest absolute Gasteiger partial charge is 0.352 e. The molecule has 3 atom stereocenters. The van der Waals surface area contributed by atoms with E-state index >= 15 is 0 Å². The maximum atomic E-state index is 12.7. The molecular formula is C20H22N6O8S2. The second kappa shape index (κ2) is 11.9. The van der Waals surface area contributed by atoms with Crippen molar-refractivity contribution in [3.05, 3.63) is 47.3 Å². The van der Waals surface area contributed by atoms with Crippen LogP contribution in [0.2, 0.25) is 0 Å². The van der Waals surface area contributed by atoms with Gasteiger partial charge in [0.15, 0.2) is 0 Å². The van der Waals surface area contributed by atoms with E-state index in [4.69, 9.17) is 20.7 Å². The number of aromatic hydroxyl groups is 1. The largest absolute Gasteiger partial charge is 0.508 e. The number of β-lactam (4-membered cyclic amide) rings is 1. The number of rotatable bonds is 8. The first-order valence-corrected chi connectivity index (χ1v) is 12.2. The number of aliphatic hydroxyl groups excluding tert-OH is 1. The number of hydrogen-bond acceptors (Lipinski definition) is 11. The van der Waals surface area contributed by atoms with Crippen LogP contribution in [0, 0.1) is 0 Å². The molecule has 2 aliphatic heterocycles. The summed E-state index contributed by atoms with van der Waals surface area (Å²) >= 11 is 2.70. The molecule has 1 saturated heterocycles. The number of aromatic amines is 1. The highest BCUT2D eigenvalue weighted by molar-refractivity contribution is 8.01. The quantitative estimate of drug-likeness (QED) is 0.160. The lowest BCUT2D eigenvalue weighted by atomic mass is 10.0. The number of benzene rings is 1.